The van der Waals surface area contributed by atoms with E-state index in [1.54, 1.807) is 18.5 Å². The zero-order valence-electron chi connectivity index (χ0n) is 10.8. The van der Waals surface area contributed by atoms with Gasteiger partial charge in [-0.05, 0) is 51.8 Å². The number of aromatic nitrogens is 1. The van der Waals surface area contributed by atoms with Gasteiger partial charge in [-0.1, -0.05) is 15.9 Å². The molecule has 0 atom stereocenters. The normalized spacial score (nSPS) is 10.8. The molecule has 6 heteroatoms. The van der Waals surface area contributed by atoms with E-state index >= 15 is 0 Å². The van der Waals surface area contributed by atoms with E-state index in [4.69, 9.17) is 9.84 Å². The van der Waals surface area contributed by atoms with Crippen LogP contribution in [-0.2, 0) is 11.4 Å². The molecule has 2 aromatic rings. The summed E-state index contributed by atoms with van der Waals surface area (Å²) < 4.78 is 7.38. The number of rotatable bonds is 5. The van der Waals surface area contributed by atoms with Gasteiger partial charge < -0.3 is 9.84 Å². The van der Waals surface area contributed by atoms with Crippen molar-refractivity contribution in [2.75, 3.05) is 0 Å². The number of pyridine rings is 1. The Balaban J connectivity index is 2.10. The average molecular weight is 413 g/mol. The third kappa shape index (κ3) is 4.99. The van der Waals surface area contributed by atoms with Crippen LogP contribution in [0.1, 0.15) is 11.1 Å². The van der Waals surface area contributed by atoms with Crippen molar-refractivity contribution >= 4 is 43.9 Å². The maximum Gasteiger partial charge on any atom is 0.328 e. The average Bonchev–Trinajstić information content (AvgIpc) is 2.45. The van der Waals surface area contributed by atoms with Gasteiger partial charge in [-0.2, -0.15) is 0 Å². The fourth-order valence-corrected chi connectivity index (χ4v) is 2.39. The number of hydrogen-bond donors (Lipinski definition) is 1. The van der Waals surface area contributed by atoms with E-state index in [0.29, 0.717) is 12.4 Å². The number of nitrogens with zero attached hydrogens (tertiary/aromatic N) is 1. The van der Waals surface area contributed by atoms with E-state index < -0.39 is 5.97 Å². The molecule has 0 fully saturated rings. The molecule has 1 aromatic carbocycles. The molecule has 0 aliphatic rings. The molecule has 4 nitrogen and oxygen atoms in total. The van der Waals surface area contributed by atoms with Gasteiger partial charge in [0.15, 0.2) is 0 Å². The van der Waals surface area contributed by atoms with E-state index in [1.165, 1.54) is 6.08 Å². The molecule has 1 aromatic heterocycles. The van der Waals surface area contributed by atoms with E-state index in [-0.39, 0.29) is 0 Å². The van der Waals surface area contributed by atoms with Gasteiger partial charge >= 0.3 is 5.97 Å². The highest BCUT2D eigenvalue weighted by atomic mass is 79.9. The quantitative estimate of drug-likeness (QED) is 0.744. The Hall–Kier alpha value is -1.66. The van der Waals surface area contributed by atoms with Gasteiger partial charge in [-0.25, -0.2) is 4.79 Å². The molecular weight excluding hydrogens is 402 g/mol. The highest BCUT2D eigenvalue weighted by molar-refractivity contribution is 9.10. The maximum atomic E-state index is 10.6. The summed E-state index contributed by atoms with van der Waals surface area (Å²) in [6.45, 7) is 0.385. The molecule has 0 unspecified atom stereocenters. The Morgan fingerprint density at radius 1 is 1.29 bits per heavy atom. The topological polar surface area (TPSA) is 59.4 Å². The minimum absolute atomic E-state index is 0.385. The minimum Gasteiger partial charge on any atom is -0.489 e. The number of carboxylic acid groups (broad SMARTS) is 1. The largest absolute Gasteiger partial charge is 0.489 e. The lowest BCUT2D eigenvalue weighted by molar-refractivity contribution is -0.131. The van der Waals surface area contributed by atoms with Gasteiger partial charge in [0.05, 0.1) is 0 Å². The summed E-state index contributed by atoms with van der Waals surface area (Å²) in [5.41, 5.74) is 1.68. The van der Waals surface area contributed by atoms with Crippen LogP contribution in [0.3, 0.4) is 0 Å². The molecule has 0 amide bonds. The Morgan fingerprint density at radius 3 is 2.81 bits per heavy atom. The number of carbonyl (C=O) groups is 1. The summed E-state index contributed by atoms with van der Waals surface area (Å²) in [5, 5.41) is 8.67. The zero-order chi connectivity index (χ0) is 15.2. The molecule has 108 valence electrons. The van der Waals surface area contributed by atoms with Crippen molar-refractivity contribution in [1.82, 2.24) is 4.98 Å². The highest BCUT2D eigenvalue weighted by Crippen LogP contribution is 2.24. The molecule has 0 saturated carbocycles. The first-order valence-electron chi connectivity index (χ1n) is 5.97. The van der Waals surface area contributed by atoms with E-state index in [9.17, 15) is 4.79 Å². The lowest BCUT2D eigenvalue weighted by atomic mass is 10.2. The lowest BCUT2D eigenvalue weighted by Crippen LogP contribution is -1.96. The van der Waals surface area contributed by atoms with Gasteiger partial charge in [0.2, 0.25) is 0 Å². The van der Waals surface area contributed by atoms with Crippen molar-refractivity contribution in [1.29, 1.82) is 0 Å². The summed E-state index contributed by atoms with van der Waals surface area (Å²) in [4.78, 5) is 14.6. The van der Waals surface area contributed by atoms with Crippen LogP contribution in [0.5, 0.6) is 5.75 Å². The van der Waals surface area contributed by atoms with Gasteiger partial charge in [-0.15, -0.1) is 0 Å². The van der Waals surface area contributed by atoms with Crippen LogP contribution in [-0.4, -0.2) is 16.1 Å². The number of halogens is 2. The number of benzene rings is 1. The second-order valence-corrected chi connectivity index (χ2v) is 5.92. The predicted molar refractivity (Wildman–Crippen MR) is 87.1 cm³/mol. The molecule has 0 radical (unpaired) electrons. The number of hydrogen-bond acceptors (Lipinski definition) is 3. The molecule has 2 rings (SSSR count). The van der Waals surface area contributed by atoms with Gasteiger partial charge in [-0.3, -0.25) is 4.98 Å². The second kappa shape index (κ2) is 7.38. The summed E-state index contributed by atoms with van der Waals surface area (Å²) in [6, 6.07) is 7.33. The zero-order valence-corrected chi connectivity index (χ0v) is 14.0. The third-order valence-corrected chi connectivity index (χ3v) is 3.70. The van der Waals surface area contributed by atoms with Crippen LogP contribution in [0.25, 0.3) is 6.08 Å². The molecule has 0 saturated heterocycles. The van der Waals surface area contributed by atoms with Crippen molar-refractivity contribution in [3.05, 3.63) is 62.8 Å². The molecule has 0 aliphatic carbocycles. The van der Waals surface area contributed by atoms with Gasteiger partial charge in [0.1, 0.15) is 12.4 Å². The maximum absolute atomic E-state index is 10.6. The number of ether oxygens (including phenoxy) is 1. The summed E-state index contributed by atoms with van der Waals surface area (Å²) >= 11 is 6.72. The summed E-state index contributed by atoms with van der Waals surface area (Å²) in [6.07, 6.45) is 6.04. The standard InChI is InChI=1S/C15H11Br2NO3/c16-12-5-10(7-18-8-12)9-21-13-2-3-14(17)11(6-13)1-4-15(19)20/h1-8H,9H2,(H,19,20)/b4-1+. The number of aliphatic carboxylic acids is 1. The Kier molecular flexibility index (Phi) is 5.52. The lowest BCUT2D eigenvalue weighted by Gasteiger charge is -2.08. The first-order valence-corrected chi connectivity index (χ1v) is 7.56. The molecule has 1 heterocycles. The van der Waals surface area contributed by atoms with Crippen molar-refractivity contribution in [3.8, 4) is 5.75 Å². The molecular formula is C15H11Br2NO3. The second-order valence-electron chi connectivity index (χ2n) is 4.15. The van der Waals surface area contributed by atoms with E-state index in [2.05, 4.69) is 36.8 Å². The Labute approximate surface area is 138 Å². The fourth-order valence-electron chi connectivity index (χ4n) is 1.60. The van der Waals surface area contributed by atoms with Gasteiger partial charge in [0.25, 0.3) is 0 Å². The van der Waals surface area contributed by atoms with Crippen molar-refractivity contribution < 1.29 is 14.6 Å². The van der Waals surface area contributed by atoms with Crippen LogP contribution < -0.4 is 4.74 Å². The smallest absolute Gasteiger partial charge is 0.328 e. The summed E-state index contributed by atoms with van der Waals surface area (Å²) in [5.74, 6) is -0.336. The van der Waals surface area contributed by atoms with E-state index in [1.807, 2.05) is 18.2 Å². The van der Waals surface area contributed by atoms with Crippen LogP contribution in [0, 0.1) is 0 Å². The van der Waals surface area contributed by atoms with Crippen LogP contribution in [0.2, 0.25) is 0 Å². The van der Waals surface area contributed by atoms with E-state index in [0.717, 1.165) is 26.1 Å². The Bertz CT molecular complexity index is 686. The van der Waals surface area contributed by atoms with Crippen molar-refractivity contribution in [2.45, 2.75) is 6.61 Å². The molecule has 1 N–H and O–H groups in total. The Morgan fingerprint density at radius 2 is 2.10 bits per heavy atom. The van der Waals surface area contributed by atoms with Crippen molar-refractivity contribution in [3.63, 3.8) is 0 Å². The summed E-state index contributed by atoms with van der Waals surface area (Å²) in [7, 11) is 0. The number of carboxylic acids is 1. The fraction of sp³-hybridized carbons (Fsp3) is 0.0667. The molecule has 21 heavy (non-hydrogen) atoms. The minimum atomic E-state index is -0.992. The SMILES string of the molecule is O=C(O)/C=C/c1cc(OCc2cncc(Br)c2)ccc1Br. The highest BCUT2D eigenvalue weighted by Gasteiger charge is 2.02. The van der Waals surface area contributed by atoms with Crippen molar-refractivity contribution in [2.24, 2.45) is 0 Å². The monoisotopic (exact) mass is 411 g/mol. The van der Waals surface area contributed by atoms with Crippen LogP contribution in [0.15, 0.2) is 51.7 Å². The first-order chi connectivity index (χ1) is 10.0. The molecule has 0 aliphatic heterocycles. The van der Waals surface area contributed by atoms with Crippen LogP contribution in [0.4, 0.5) is 0 Å². The predicted octanol–water partition coefficient (Wildman–Crippen LogP) is 4.28. The molecule has 0 spiro atoms. The van der Waals surface area contributed by atoms with Gasteiger partial charge in [0, 0.05) is 33.0 Å². The first kappa shape index (κ1) is 15.7. The van der Waals surface area contributed by atoms with Crippen LogP contribution >= 0.6 is 31.9 Å². The third-order valence-electron chi connectivity index (χ3n) is 2.54. The molecule has 0 bridgehead atoms.